The Kier molecular flexibility index (Phi) is 3.27. The van der Waals surface area contributed by atoms with Crippen LogP contribution < -0.4 is 0 Å². The number of carbonyl (C=O) groups is 1. The molecule has 0 aromatic heterocycles. The highest BCUT2D eigenvalue weighted by Crippen LogP contribution is 2.28. The van der Waals surface area contributed by atoms with E-state index in [0.29, 0.717) is 5.56 Å². The summed E-state index contributed by atoms with van der Waals surface area (Å²) in [7, 11) is 0. The van der Waals surface area contributed by atoms with Crippen LogP contribution in [-0.4, -0.2) is 11.4 Å². The van der Waals surface area contributed by atoms with E-state index in [0.717, 1.165) is 16.1 Å². The van der Waals surface area contributed by atoms with Gasteiger partial charge in [-0.3, -0.25) is 4.79 Å². The van der Waals surface area contributed by atoms with Crippen LogP contribution in [0.15, 0.2) is 58.3 Å². The molecule has 0 saturated heterocycles. The van der Waals surface area contributed by atoms with E-state index in [4.69, 9.17) is 5.11 Å². The minimum atomic E-state index is 0.264. The van der Waals surface area contributed by atoms with Crippen molar-refractivity contribution in [2.75, 3.05) is 0 Å². The predicted octanol–water partition coefficient (Wildman–Crippen LogP) is 3.36. The van der Waals surface area contributed by atoms with Crippen molar-refractivity contribution in [1.82, 2.24) is 0 Å². The van der Waals surface area contributed by atoms with Gasteiger partial charge < -0.3 is 5.11 Å². The number of phenolic OH excluding ortho intramolecular Hbond substituents is 1. The summed E-state index contributed by atoms with van der Waals surface area (Å²) in [5.41, 5.74) is 0.676. The Balaban J connectivity index is 2.14. The summed E-state index contributed by atoms with van der Waals surface area (Å²) in [6.45, 7) is 0. The maximum absolute atomic E-state index is 10.5. The van der Waals surface area contributed by atoms with Crippen LogP contribution >= 0.6 is 11.8 Å². The third-order valence-electron chi connectivity index (χ3n) is 2.09. The molecule has 0 amide bonds. The Labute approximate surface area is 97.9 Å². The molecule has 0 aliphatic rings. The zero-order valence-corrected chi connectivity index (χ0v) is 9.28. The van der Waals surface area contributed by atoms with Gasteiger partial charge in [0.2, 0.25) is 0 Å². The van der Waals surface area contributed by atoms with Crippen LogP contribution in [0.25, 0.3) is 0 Å². The standard InChI is InChI=1S/C13H10O2S/c14-9-10-1-5-12(6-2-10)16-13-7-3-11(15)4-8-13/h1-9,15H. The van der Waals surface area contributed by atoms with Crippen LogP contribution in [0.5, 0.6) is 5.75 Å². The Morgan fingerprint density at radius 3 is 1.88 bits per heavy atom. The fourth-order valence-electron chi connectivity index (χ4n) is 1.26. The monoisotopic (exact) mass is 230 g/mol. The number of rotatable bonds is 3. The summed E-state index contributed by atoms with van der Waals surface area (Å²) in [6.07, 6.45) is 0.828. The normalized spacial score (nSPS) is 10.0. The van der Waals surface area contributed by atoms with Gasteiger partial charge in [-0.05, 0) is 36.4 Å². The molecule has 0 aliphatic heterocycles. The molecule has 0 spiro atoms. The minimum absolute atomic E-state index is 0.264. The number of hydrogen-bond donors (Lipinski definition) is 1. The van der Waals surface area contributed by atoms with Gasteiger partial charge in [-0.25, -0.2) is 0 Å². The summed E-state index contributed by atoms with van der Waals surface area (Å²) in [6, 6.07) is 14.4. The van der Waals surface area contributed by atoms with Crippen molar-refractivity contribution in [2.24, 2.45) is 0 Å². The van der Waals surface area contributed by atoms with E-state index in [9.17, 15) is 4.79 Å². The third kappa shape index (κ3) is 2.64. The van der Waals surface area contributed by atoms with E-state index in [-0.39, 0.29) is 5.75 Å². The van der Waals surface area contributed by atoms with E-state index < -0.39 is 0 Å². The van der Waals surface area contributed by atoms with Gasteiger partial charge >= 0.3 is 0 Å². The quantitative estimate of drug-likeness (QED) is 0.821. The SMILES string of the molecule is O=Cc1ccc(Sc2ccc(O)cc2)cc1. The van der Waals surface area contributed by atoms with Crippen LogP contribution in [0.2, 0.25) is 0 Å². The fourth-order valence-corrected chi connectivity index (χ4v) is 2.08. The molecule has 2 aromatic carbocycles. The Morgan fingerprint density at radius 2 is 1.38 bits per heavy atom. The van der Waals surface area contributed by atoms with Crippen LogP contribution in [0.3, 0.4) is 0 Å². The molecule has 0 unspecified atom stereocenters. The molecule has 0 aliphatic carbocycles. The average Bonchev–Trinajstić information content (AvgIpc) is 2.33. The third-order valence-corrected chi connectivity index (χ3v) is 3.10. The topological polar surface area (TPSA) is 37.3 Å². The first-order chi connectivity index (χ1) is 7.78. The second-order valence-corrected chi connectivity index (χ2v) is 4.43. The van der Waals surface area contributed by atoms with E-state index in [2.05, 4.69) is 0 Å². The lowest BCUT2D eigenvalue weighted by molar-refractivity contribution is 0.112. The van der Waals surface area contributed by atoms with Crippen molar-refractivity contribution in [3.8, 4) is 5.75 Å². The molecule has 0 radical (unpaired) electrons. The maximum atomic E-state index is 10.5. The summed E-state index contributed by atoms with van der Waals surface area (Å²) in [4.78, 5) is 12.6. The van der Waals surface area contributed by atoms with Gasteiger partial charge in [-0.1, -0.05) is 23.9 Å². The second-order valence-electron chi connectivity index (χ2n) is 3.28. The minimum Gasteiger partial charge on any atom is -0.508 e. The summed E-state index contributed by atoms with van der Waals surface area (Å²) < 4.78 is 0. The number of carbonyl (C=O) groups excluding carboxylic acids is 1. The highest BCUT2D eigenvalue weighted by Gasteiger charge is 1.97. The molecule has 0 bridgehead atoms. The summed E-state index contributed by atoms with van der Waals surface area (Å²) >= 11 is 1.59. The summed E-state index contributed by atoms with van der Waals surface area (Å²) in [5.74, 6) is 0.264. The first-order valence-electron chi connectivity index (χ1n) is 4.80. The van der Waals surface area contributed by atoms with Crippen LogP contribution in [0.4, 0.5) is 0 Å². The lowest BCUT2D eigenvalue weighted by Gasteiger charge is -2.01. The van der Waals surface area contributed by atoms with Crippen LogP contribution in [0, 0.1) is 0 Å². The highest BCUT2D eigenvalue weighted by molar-refractivity contribution is 7.99. The maximum Gasteiger partial charge on any atom is 0.150 e. The molecular weight excluding hydrogens is 220 g/mol. The van der Waals surface area contributed by atoms with Gasteiger partial charge in [0.05, 0.1) is 0 Å². The largest absolute Gasteiger partial charge is 0.508 e. The molecular formula is C13H10O2S. The predicted molar refractivity (Wildman–Crippen MR) is 64.1 cm³/mol. The van der Waals surface area contributed by atoms with Gasteiger partial charge in [0.25, 0.3) is 0 Å². The highest BCUT2D eigenvalue weighted by atomic mass is 32.2. The Morgan fingerprint density at radius 1 is 0.875 bits per heavy atom. The van der Waals surface area contributed by atoms with E-state index >= 15 is 0 Å². The molecule has 0 heterocycles. The Bertz CT molecular complexity index is 474. The number of aldehydes is 1. The van der Waals surface area contributed by atoms with Gasteiger partial charge in [-0.2, -0.15) is 0 Å². The molecule has 80 valence electrons. The van der Waals surface area contributed by atoms with Crippen molar-refractivity contribution in [2.45, 2.75) is 9.79 Å². The fraction of sp³-hybridized carbons (Fsp3) is 0. The number of aromatic hydroxyl groups is 1. The summed E-state index contributed by atoms with van der Waals surface area (Å²) in [5, 5.41) is 9.14. The smallest absolute Gasteiger partial charge is 0.150 e. The van der Waals surface area contributed by atoms with Gasteiger partial charge in [-0.15, -0.1) is 0 Å². The van der Waals surface area contributed by atoms with Gasteiger partial charge in [0.1, 0.15) is 12.0 Å². The molecule has 3 heteroatoms. The molecule has 0 atom stereocenters. The first-order valence-corrected chi connectivity index (χ1v) is 5.62. The molecule has 2 aromatic rings. The number of phenols is 1. The second kappa shape index (κ2) is 4.86. The number of hydrogen-bond acceptors (Lipinski definition) is 3. The molecule has 2 nitrogen and oxygen atoms in total. The molecule has 0 saturated carbocycles. The van der Waals surface area contributed by atoms with Crippen molar-refractivity contribution in [3.63, 3.8) is 0 Å². The Hall–Kier alpha value is -1.74. The van der Waals surface area contributed by atoms with E-state index in [1.54, 1.807) is 36.0 Å². The van der Waals surface area contributed by atoms with E-state index in [1.807, 2.05) is 24.3 Å². The van der Waals surface area contributed by atoms with Crippen LogP contribution in [0.1, 0.15) is 10.4 Å². The number of benzene rings is 2. The van der Waals surface area contributed by atoms with Crippen molar-refractivity contribution in [3.05, 3.63) is 54.1 Å². The first kappa shape index (κ1) is 10.8. The van der Waals surface area contributed by atoms with Gasteiger partial charge in [0.15, 0.2) is 0 Å². The molecule has 0 fully saturated rings. The average molecular weight is 230 g/mol. The van der Waals surface area contributed by atoms with Crippen molar-refractivity contribution in [1.29, 1.82) is 0 Å². The molecule has 2 rings (SSSR count). The zero-order chi connectivity index (χ0) is 11.4. The molecule has 16 heavy (non-hydrogen) atoms. The lowest BCUT2D eigenvalue weighted by Crippen LogP contribution is -1.78. The lowest BCUT2D eigenvalue weighted by atomic mass is 10.2. The van der Waals surface area contributed by atoms with Crippen molar-refractivity contribution >= 4 is 18.0 Å². The van der Waals surface area contributed by atoms with Crippen molar-refractivity contribution < 1.29 is 9.90 Å². The van der Waals surface area contributed by atoms with Crippen LogP contribution in [-0.2, 0) is 0 Å². The zero-order valence-electron chi connectivity index (χ0n) is 8.46. The van der Waals surface area contributed by atoms with E-state index in [1.165, 1.54) is 0 Å². The van der Waals surface area contributed by atoms with Gasteiger partial charge in [0, 0.05) is 15.4 Å². The molecule has 1 N–H and O–H groups in total.